The molecule has 5 nitrogen and oxygen atoms in total. The first-order chi connectivity index (χ1) is 14.6. The summed E-state index contributed by atoms with van der Waals surface area (Å²) in [5.74, 6) is 0.460. The van der Waals surface area contributed by atoms with Gasteiger partial charge in [0.15, 0.2) is 5.82 Å². The molecule has 2 aromatic carbocycles. The molecule has 2 aromatic heterocycles. The number of carbonyl (C=O) groups excluding carboxylic acids is 1. The van der Waals surface area contributed by atoms with E-state index in [2.05, 4.69) is 10.4 Å². The first-order valence-electron chi connectivity index (χ1n) is 9.11. The molecule has 0 fully saturated rings. The molecule has 0 bridgehead atoms. The molecule has 2 heterocycles. The lowest BCUT2D eigenvalue weighted by Crippen LogP contribution is -2.11. The molecule has 0 saturated carbocycles. The van der Waals surface area contributed by atoms with Crippen LogP contribution in [0.15, 0.2) is 72.2 Å². The van der Waals surface area contributed by atoms with Gasteiger partial charge in [-0.1, -0.05) is 41.9 Å². The zero-order valence-electron chi connectivity index (χ0n) is 15.7. The Bertz CT molecular complexity index is 1140. The van der Waals surface area contributed by atoms with Crippen molar-refractivity contribution < 1.29 is 13.9 Å². The van der Waals surface area contributed by atoms with Crippen LogP contribution >= 0.6 is 22.9 Å². The molecule has 8 heteroatoms. The lowest BCUT2D eigenvalue weighted by atomic mass is 10.2. The zero-order chi connectivity index (χ0) is 20.9. The second-order valence-electron chi connectivity index (χ2n) is 6.52. The molecule has 0 spiro atoms. The van der Waals surface area contributed by atoms with Crippen LogP contribution < -0.4 is 10.1 Å². The summed E-state index contributed by atoms with van der Waals surface area (Å²) in [6.45, 7) is 0.788. The van der Waals surface area contributed by atoms with Crippen LogP contribution in [0.2, 0.25) is 5.02 Å². The van der Waals surface area contributed by atoms with Crippen molar-refractivity contribution >= 4 is 34.7 Å². The SMILES string of the molecule is O=C(Nc1nn(Cc2ccc(F)cc2)cc1Cl)c1cc(COc2ccccc2)cs1. The van der Waals surface area contributed by atoms with E-state index in [0.29, 0.717) is 23.1 Å². The molecule has 0 aliphatic carbocycles. The lowest BCUT2D eigenvalue weighted by molar-refractivity contribution is 0.103. The van der Waals surface area contributed by atoms with Crippen molar-refractivity contribution in [2.75, 3.05) is 5.32 Å². The van der Waals surface area contributed by atoms with Gasteiger partial charge in [-0.3, -0.25) is 9.48 Å². The van der Waals surface area contributed by atoms with E-state index in [-0.39, 0.29) is 17.5 Å². The number of benzene rings is 2. The Labute approximate surface area is 181 Å². The summed E-state index contributed by atoms with van der Waals surface area (Å²) in [6.07, 6.45) is 1.62. The summed E-state index contributed by atoms with van der Waals surface area (Å²) in [7, 11) is 0. The number of nitrogens with one attached hydrogen (secondary N) is 1. The Morgan fingerprint density at radius 3 is 2.67 bits per heavy atom. The van der Waals surface area contributed by atoms with Crippen molar-refractivity contribution in [1.29, 1.82) is 0 Å². The molecular formula is C22H17ClFN3O2S. The Morgan fingerprint density at radius 1 is 1.13 bits per heavy atom. The topological polar surface area (TPSA) is 56.2 Å². The fourth-order valence-corrected chi connectivity index (χ4v) is 3.75. The van der Waals surface area contributed by atoms with Crippen molar-refractivity contribution in [3.8, 4) is 5.75 Å². The zero-order valence-corrected chi connectivity index (χ0v) is 17.3. The van der Waals surface area contributed by atoms with Gasteiger partial charge in [0.05, 0.1) is 11.4 Å². The highest BCUT2D eigenvalue weighted by Crippen LogP contribution is 2.23. The molecule has 1 N–H and O–H groups in total. The van der Waals surface area contributed by atoms with Crippen LogP contribution in [0.5, 0.6) is 5.75 Å². The normalized spacial score (nSPS) is 10.7. The average molecular weight is 442 g/mol. The Kier molecular flexibility index (Phi) is 6.11. The van der Waals surface area contributed by atoms with Crippen LogP contribution in [0.3, 0.4) is 0 Å². The maximum Gasteiger partial charge on any atom is 0.266 e. The number of thiophene rings is 1. The molecule has 0 atom stereocenters. The molecule has 30 heavy (non-hydrogen) atoms. The smallest absolute Gasteiger partial charge is 0.266 e. The number of hydrogen-bond acceptors (Lipinski definition) is 4. The number of carbonyl (C=O) groups is 1. The quantitative estimate of drug-likeness (QED) is 0.405. The number of hydrogen-bond donors (Lipinski definition) is 1. The largest absolute Gasteiger partial charge is 0.489 e. The third-order valence-electron chi connectivity index (χ3n) is 4.23. The van der Waals surface area contributed by atoms with Crippen LogP contribution in [-0.4, -0.2) is 15.7 Å². The van der Waals surface area contributed by atoms with E-state index in [1.165, 1.54) is 23.5 Å². The molecular weight excluding hydrogens is 425 g/mol. The molecule has 0 aliphatic heterocycles. The highest BCUT2D eigenvalue weighted by Gasteiger charge is 2.15. The Morgan fingerprint density at radius 2 is 1.90 bits per heavy atom. The van der Waals surface area contributed by atoms with Crippen LogP contribution in [0, 0.1) is 5.82 Å². The summed E-state index contributed by atoms with van der Waals surface area (Å²) in [6, 6.07) is 17.4. The highest BCUT2D eigenvalue weighted by molar-refractivity contribution is 7.12. The van der Waals surface area contributed by atoms with Crippen molar-refractivity contribution in [2.45, 2.75) is 13.2 Å². The maximum absolute atomic E-state index is 13.0. The highest BCUT2D eigenvalue weighted by atomic mass is 35.5. The van der Waals surface area contributed by atoms with Gasteiger partial charge in [-0.25, -0.2) is 4.39 Å². The monoisotopic (exact) mass is 441 g/mol. The van der Waals surface area contributed by atoms with Crippen molar-refractivity contribution in [1.82, 2.24) is 9.78 Å². The predicted molar refractivity (Wildman–Crippen MR) is 116 cm³/mol. The van der Waals surface area contributed by atoms with Crippen LogP contribution in [0.25, 0.3) is 0 Å². The summed E-state index contributed by atoms with van der Waals surface area (Å²) in [4.78, 5) is 13.1. The molecule has 4 aromatic rings. The number of para-hydroxylation sites is 1. The van der Waals surface area contributed by atoms with E-state index in [1.54, 1.807) is 29.1 Å². The predicted octanol–water partition coefficient (Wildman–Crippen LogP) is 5.62. The first-order valence-corrected chi connectivity index (χ1v) is 10.4. The van der Waals surface area contributed by atoms with E-state index in [0.717, 1.165) is 16.9 Å². The maximum atomic E-state index is 13.0. The van der Waals surface area contributed by atoms with Crippen LogP contribution in [0.1, 0.15) is 20.8 Å². The molecule has 0 saturated heterocycles. The molecule has 0 unspecified atom stereocenters. The summed E-state index contributed by atoms with van der Waals surface area (Å²) in [5.41, 5.74) is 1.77. The lowest BCUT2D eigenvalue weighted by Gasteiger charge is -2.03. The fraction of sp³-hybridized carbons (Fsp3) is 0.0909. The number of anilines is 1. The van der Waals surface area contributed by atoms with Gasteiger partial charge in [-0.2, -0.15) is 5.10 Å². The van der Waals surface area contributed by atoms with Crippen molar-refractivity contribution in [2.24, 2.45) is 0 Å². The van der Waals surface area contributed by atoms with Gasteiger partial charge in [-0.05, 0) is 41.3 Å². The number of halogens is 2. The van der Waals surface area contributed by atoms with Crippen LogP contribution in [-0.2, 0) is 13.2 Å². The average Bonchev–Trinajstić information content (AvgIpc) is 3.36. The second kappa shape index (κ2) is 9.11. The molecule has 4 rings (SSSR count). The molecule has 1 amide bonds. The minimum absolute atomic E-state index is 0.277. The standard InChI is InChI=1S/C22H17ClFN3O2S/c23-19-12-27(11-15-6-8-17(24)9-7-15)26-21(19)25-22(28)20-10-16(14-30-20)13-29-18-4-2-1-3-5-18/h1-10,12,14H,11,13H2,(H,25,26,28). The summed E-state index contributed by atoms with van der Waals surface area (Å²) >= 11 is 7.54. The number of aromatic nitrogens is 2. The van der Waals surface area contributed by atoms with E-state index in [1.807, 2.05) is 35.7 Å². The van der Waals surface area contributed by atoms with Gasteiger partial charge in [0.25, 0.3) is 5.91 Å². The van der Waals surface area contributed by atoms with E-state index in [9.17, 15) is 9.18 Å². The second-order valence-corrected chi connectivity index (χ2v) is 7.84. The van der Waals surface area contributed by atoms with Gasteiger partial charge in [0.2, 0.25) is 0 Å². The fourth-order valence-electron chi connectivity index (χ4n) is 2.76. The van der Waals surface area contributed by atoms with E-state index >= 15 is 0 Å². The van der Waals surface area contributed by atoms with E-state index in [4.69, 9.17) is 16.3 Å². The Balaban J connectivity index is 1.37. The van der Waals surface area contributed by atoms with Crippen molar-refractivity contribution in [3.05, 3.63) is 99.1 Å². The molecule has 0 aliphatic rings. The molecule has 152 valence electrons. The van der Waals surface area contributed by atoms with E-state index < -0.39 is 0 Å². The van der Waals surface area contributed by atoms with Gasteiger partial charge in [0.1, 0.15) is 23.2 Å². The summed E-state index contributed by atoms with van der Waals surface area (Å²) < 4.78 is 20.3. The van der Waals surface area contributed by atoms with Gasteiger partial charge in [-0.15, -0.1) is 11.3 Å². The van der Waals surface area contributed by atoms with Gasteiger partial charge >= 0.3 is 0 Å². The Hall–Kier alpha value is -3.16. The van der Waals surface area contributed by atoms with Crippen LogP contribution in [0.4, 0.5) is 10.2 Å². The number of amides is 1. The van der Waals surface area contributed by atoms with Gasteiger partial charge in [0, 0.05) is 11.8 Å². The first kappa shape index (κ1) is 20.1. The van der Waals surface area contributed by atoms with Crippen molar-refractivity contribution in [3.63, 3.8) is 0 Å². The van der Waals surface area contributed by atoms with Gasteiger partial charge < -0.3 is 10.1 Å². The molecule has 0 radical (unpaired) electrons. The minimum atomic E-state index is -0.297. The summed E-state index contributed by atoms with van der Waals surface area (Å²) in [5, 5.41) is 9.26. The third kappa shape index (κ3) is 5.06. The number of ether oxygens (including phenoxy) is 1. The number of nitrogens with zero attached hydrogens (tertiary/aromatic N) is 2. The minimum Gasteiger partial charge on any atom is -0.489 e. The number of rotatable bonds is 7. The third-order valence-corrected chi connectivity index (χ3v) is 5.49.